The number of benzene rings is 2. The van der Waals surface area contributed by atoms with Crippen molar-refractivity contribution in [1.82, 2.24) is 4.90 Å². The first-order valence-corrected chi connectivity index (χ1v) is 9.69. The Balaban J connectivity index is 1.78. The number of ether oxygens (including phenoxy) is 1. The van der Waals surface area contributed by atoms with Crippen LogP contribution in [-0.4, -0.2) is 41.3 Å². The Kier molecular flexibility index (Phi) is 6.35. The van der Waals surface area contributed by atoms with Crippen LogP contribution < -0.4 is 10.1 Å². The van der Waals surface area contributed by atoms with Crippen molar-refractivity contribution in [2.24, 2.45) is 4.99 Å². The van der Waals surface area contributed by atoms with E-state index >= 15 is 0 Å². The smallest absolute Gasteiger partial charge is 0.416 e. The van der Waals surface area contributed by atoms with Crippen LogP contribution in [0, 0.1) is 0 Å². The Labute approximate surface area is 175 Å². The molecule has 0 radical (unpaired) electrons. The molecule has 0 aliphatic carbocycles. The minimum absolute atomic E-state index is 0.0446. The van der Waals surface area contributed by atoms with Crippen molar-refractivity contribution < 1.29 is 27.5 Å². The number of amidine groups is 1. The molecule has 0 spiro atoms. The first kappa shape index (κ1) is 21.7. The van der Waals surface area contributed by atoms with Crippen LogP contribution in [0.5, 0.6) is 5.75 Å². The molecule has 2 amide bonds. The van der Waals surface area contributed by atoms with E-state index in [2.05, 4.69) is 10.3 Å². The van der Waals surface area contributed by atoms with E-state index < -0.39 is 22.9 Å². The van der Waals surface area contributed by atoms with Gasteiger partial charge >= 0.3 is 6.18 Å². The van der Waals surface area contributed by atoms with Crippen molar-refractivity contribution >= 4 is 40.1 Å². The Morgan fingerprint density at radius 3 is 2.57 bits per heavy atom. The van der Waals surface area contributed by atoms with Gasteiger partial charge in [-0.3, -0.25) is 14.5 Å². The molecule has 0 aromatic heterocycles. The zero-order valence-electron chi connectivity index (χ0n) is 16.1. The molecule has 2 aromatic carbocycles. The van der Waals surface area contributed by atoms with E-state index in [9.17, 15) is 22.8 Å². The van der Waals surface area contributed by atoms with Gasteiger partial charge in [-0.2, -0.15) is 13.2 Å². The fourth-order valence-corrected chi connectivity index (χ4v) is 3.72. The molecule has 6 nitrogen and oxygen atoms in total. The summed E-state index contributed by atoms with van der Waals surface area (Å²) in [5, 5.41) is 2.11. The lowest BCUT2D eigenvalue weighted by molar-refractivity contribution is -0.137. The van der Waals surface area contributed by atoms with Gasteiger partial charge in [0.1, 0.15) is 11.0 Å². The molecule has 0 saturated carbocycles. The SMILES string of the molecule is COc1ccc(NC(=O)C2CC(=O)N(C)C(=Nc3cccc(C(F)(F)F)c3)S2)cc1. The summed E-state index contributed by atoms with van der Waals surface area (Å²) in [5.41, 5.74) is -0.264. The van der Waals surface area contributed by atoms with Gasteiger partial charge in [-0.05, 0) is 42.5 Å². The molecule has 158 valence electrons. The molecule has 2 aromatic rings. The predicted molar refractivity (Wildman–Crippen MR) is 109 cm³/mol. The molecule has 1 atom stereocenters. The fourth-order valence-electron chi connectivity index (χ4n) is 2.66. The second-order valence-electron chi connectivity index (χ2n) is 6.42. The van der Waals surface area contributed by atoms with E-state index in [0.717, 1.165) is 23.9 Å². The van der Waals surface area contributed by atoms with Gasteiger partial charge in [0.25, 0.3) is 0 Å². The average molecular weight is 437 g/mol. The number of thioether (sulfide) groups is 1. The zero-order valence-corrected chi connectivity index (χ0v) is 16.9. The van der Waals surface area contributed by atoms with Crippen LogP contribution in [0.3, 0.4) is 0 Å². The first-order chi connectivity index (χ1) is 14.2. The summed E-state index contributed by atoms with van der Waals surface area (Å²) in [4.78, 5) is 30.4. The van der Waals surface area contributed by atoms with Crippen molar-refractivity contribution in [3.8, 4) is 5.75 Å². The summed E-state index contributed by atoms with van der Waals surface area (Å²) in [6.07, 6.45) is -4.55. The first-order valence-electron chi connectivity index (χ1n) is 8.81. The number of halogens is 3. The number of nitrogens with one attached hydrogen (secondary N) is 1. The van der Waals surface area contributed by atoms with Gasteiger partial charge < -0.3 is 10.1 Å². The molecular formula is C20H18F3N3O3S. The van der Waals surface area contributed by atoms with Crippen LogP contribution in [0.1, 0.15) is 12.0 Å². The molecule has 3 rings (SSSR count). The highest BCUT2D eigenvalue weighted by atomic mass is 32.2. The maximum absolute atomic E-state index is 12.9. The summed E-state index contributed by atoms with van der Waals surface area (Å²) < 4.78 is 43.8. The lowest BCUT2D eigenvalue weighted by Crippen LogP contribution is -2.43. The Bertz CT molecular complexity index is 977. The number of nitrogens with zero attached hydrogens (tertiary/aromatic N) is 2. The molecule has 1 fully saturated rings. The topological polar surface area (TPSA) is 71.0 Å². The Morgan fingerprint density at radius 2 is 1.93 bits per heavy atom. The molecule has 1 heterocycles. The summed E-state index contributed by atoms with van der Waals surface area (Å²) >= 11 is 1.02. The van der Waals surface area contributed by atoms with Gasteiger partial charge in [-0.25, -0.2) is 4.99 Å². The monoisotopic (exact) mass is 437 g/mol. The predicted octanol–water partition coefficient (Wildman–Crippen LogP) is 4.30. The summed E-state index contributed by atoms with van der Waals surface area (Å²) in [7, 11) is 3.00. The Morgan fingerprint density at radius 1 is 1.23 bits per heavy atom. The minimum atomic E-state index is -4.50. The van der Waals surface area contributed by atoms with E-state index in [-0.39, 0.29) is 23.2 Å². The number of amides is 2. The molecule has 30 heavy (non-hydrogen) atoms. The summed E-state index contributed by atoms with van der Waals surface area (Å²) in [5.74, 6) is -0.120. The van der Waals surface area contributed by atoms with Crippen molar-refractivity contribution in [3.63, 3.8) is 0 Å². The fraction of sp³-hybridized carbons (Fsp3) is 0.250. The molecule has 10 heteroatoms. The van der Waals surface area contributed by atoms with Crippen molar-refractivity contribution in [2.75, 3.05) is 19.5 Å². The molecule has 1 aliphatic rings. The molecule has 0 bridgehead atoms. The van der Waals surface area contributed by atoms with E-state index in [0.29, 0.717) is 11.4 Å². The lowest BCUT2D eigenvalue weighted by Gasteiger charge is -2.28. The number of carbonyl (C=O) groups is 2. The maximum Gasteiger partial charge on any atom is 0.416 e. The number of aliphatic imine (C=N–C) groups is 1. The number of anilines is 1. The molecule has 1 N–H and O–H groups in total. The highest BCUT2D eigenvalue weighted by Crippen LogP contribution is 2.33. The molecule has 1 aliphatic heterocycles. The quantitative estimate of drug-likeness (QED) is 0.774. The second-order valence-corrected chi connectivity index (χ2v) is 7.59. The van der Waals surface area contributed by atoms with E-state index in [1.54, 1.807) is 24.3 Å². The number of alkyl halides is 3. The van der Waals surface area contributed by atoms with Gasteiger partial charge in [0.2, 0.25) is 11.8 Å². The average Bonchev–Trinajstić information content (AvgIpc) is 2.71. The summed E-state index contributed by atoms with van der Waals surface area (Å²) in [6, 6.07) is 11.2. The highest BCUT2D eigenvalue weighted by molar-refractivity contribution is 8.15. The van der Waals surface area contributed by atoms with E-state index in [1.807, 2.05) is 0 Å². The zero-order chi connectivity index (χ0) is 21.9. The third-order valence-electron chi connectivity index (χ3n) is 4.32. The number of rotatable bonds is 4. The number of methoxy groups -OCH3 is 1. The largest absolute Gasteiger partial charge is 0.497 e. The van der Waals surface area contributed by atoms with Crippen LogP contribution >= 0.6 is 11.8 Å². The standard InChI is InChI=1S/C20H18F3N3O3S/c1-26-17(27)11-16(18(28)24-13-6-8-15(29-2)9-7-13)30-19(26)25-14-5-3-4-12(10-14)20(21,22)23/h3-10,16H,11H2,1-2H3,(H,24,28). The molecule has 1 saturated heterocycles. The third kappa shape index (κ3) is 5.12. The van der Waals surface area contributed by atoms with Crippen LogP contribution in [0.25, 0.3) is 0 Å². The van der Waals surface area contributed by atoms with Gasteiger partial charge in [-0.1, -0.05) is 17.8 Å². The van der Waals surface area contributed by atoms with Crippen LogP contribution in [-0.2, 0) is 15.8 Å². The second kappa shape index (κ2) is 8.78. The minimum Gasteiger partial charge on any atom is -0.497 e. The number of hydrogen-bond donors (Lipinski definition) is 1. The van der Waals surface area contributed by atoms with Crippen molar-refractivity contribution in [2.45, 2.75) is 17.8 Å². The van der Waals surface area contributed by atoms with Gasteiger partial charge in [0.05, 0.1) is 18.4 Å². The number of carbonyl (C=O) groups excluding carboxylic acids is 2. The van der Waals surface area contributed by atoms with E-state index in [1.165, 1.54) is 31.2 Å². The normalized spacial score (nSPS) is 18.4. The van der Waals surface area contributed by atoms with Gasteiger partial charge in [-0.15, -0.1) is 0 Å². The molecule has 1 unspecified atom stereocenters. The van der Waals surface area contributed by atoms with Gasteiger partial charge in [0, 0.05) is 19.2 Å². The van der Waals surface area contributed by atoms with Crippen LogP contribution in [0.15, 0.2) is 53.5 Å². The van der Waals surface area contributed by atoms with Crippen molar-refractivity contribution in [3.05, 3.63) is 54.1 Å². The van der Waals surface area contributed by atoms with Crippen molar-refractivity contribution in [1.29, 1.82) is 0 Å². The Hall–Kier alpha value is -3.01. The third-order valence-corrected chi connectivity index (χ3v) is 5.56. The van der Waals surface area contributed by atoms with E-state index in [4.69, 9.17) is 4.74 Å². The lowest BCUT2D eigenvalue weighted by atomic mass is 10.2. The molecular weight excluding hydrogens is 419 g/mol. The summed E-state index contributed by atoms with van der Waals surface area (Å²) in [6.45, 7) is 0. The highest BCUT2D eigenvalue weighted by Gasteiger charge is 2.34. The number of hydrogen-bond acceptors (Lipinski definition) is 5. The van der Waals surface area contributed by atoms with Crippen LogP contribution in [0.4, 0.5) is 24.5 Å². The maximum atomic E-state index is 12.9. The van der Waals surface area contributed by atoms with Crippen LogP contribution in [0.2, 0.25) is 0 Å². The van der Waals surface area contributed by atoms with Gasteiger partial charge in [0.15, 0.2) is 5.17 Å².